The molecule has 1 saturated heterocycles. The van der Waals surface area contributed by atoms with Gasteiger partial charge in [-0.2, -0.15) is 0 Å². The zero-order valence-electron chi connectivity index (χ0n) is 12.5. The molecule has 0 radical (unpaired) electrons. The van der Waals surface area contributed by atoms with Gasteiger partial charge < -0.3 is 0 Å². The minimum Gasteiger partial charge on any atom is -0.292 e. The van der Waals surface area contributed by atoms with Crippen molar-refractivity contribution in [1.29, 1.82) is 0 Å². The Balaban J connectivity index is 1.77. The Morgan fingerprint density at radius 1 is 1.14 bits per heavy atom. The molecule has 1 aromatic carbocycles. The Morgan fingerprint density at radius 3 is 2.71 bits per heavy atom. The molecule has 1 aromatic heterocycles. The number of hydrogen-bond acceptors (Lipinski definition) is 3. The van der Waals surface area contributed by atoms with Crippen LogP contribution in [-0.2, 0) is 6.54 Å². The van der Waals surface area contributed by atoms with Crippen molar-refractivity contribution in [2.75, 3.05) is 12.8 Å². The molecule has 0 aliphatic carbocycles. The van der Waals surface area contributed by atoms with E-state index in [9.17, 15) is 0 Å². The average molecular weight is 298 g/mol. The summed E-state index contributed by atoms with van der Waals surface area (Å²) in [6, 6.07) is 15.7. The van der Waals surface area contributed by atoms with Crippen LogP contribution in [0.25, 0.3) is 0 Å². The summed E-state index contributed by atoms with van der Waals surface area (Å²) in [6.07, 6.45) is 8.01. The zero-order chi connectivity index (χ0) is 14.5. The normalized spacial score (nSPS) is 19.6. The number of piperidine rings is 1. The summed E-state index contributed by atoms with van der Waals surface area (Å²) >= 11 is 1.70. The highest BCUT2D eigenvalue weighted by Gasteiger charge is 2.24. The van der Waals surface area contributed by atoms with E-state index in [2.05, 4.69) is 64.8 Å². The van der Waals surface area contributed by atoms with Crippen molar-refractivity contribution < 1.29 is 0 Å². The minimum absolute atomic E-state index is 0.516. The standard InChI is InChI=1S/C18H22N2S/c1-21-18-11-10-16(13-19-18)17-9-5-6-12-20(17)14-15-7-3-2-4-8-15/h2-4,7-8,10-11,13,17H,5-6,9,12,14H2,1H3. The molecule has 3 rings (SSSR count). The van der Waals surface area contributed by atoms with Crippen LogP contribution in [-0.4, -0.2) is 22.7 Å². The zero-order valence-corrected chi connectivity index (χ0v) is 13.4. The number of likely N-dealkylation sites (tertiary alicyclic amines) is 1. The van der Waals surface area contributed by atoms with Gasteiger partial charge >= 0.3 is 0 Å². The lowest BCUT2D eigenvalue weighted by Crippen LogP contribution is -2.32. The first-order valence-corrected chi connectivity index (χ1v) is 8.87. The lowest BCUT2D eigenvalue weighted by atomic mass is 9.96. The molecule has 1 aliphatic heterocycles. The van der Waals surface area contributed by atoms with E-state index in [0.717, 1.165) is 11.6 Å². The Labute approximate surface area is 131 Å². The third-order valence-electron chi connectivity index (χ3n) is 4.20. The average Bonchev–Trinajstić information content (AvgIpc) is 2.56. The van der Waals surface area contributed by atoms with E-state index in [1.54, 1.807) is 11.8 Å². The second-order valence-corrected chi connectivity index (χ2v) is 6.43. The lowest BCUT2D eigenvalue weighted by Gasteiger charge is -2.36. The fourth-order valence-electron chi connectivity index (χ4n) is 3.09. The van der Waals surface area contributed by atoms with Crippen LogP contribution in [0.15, 0.2) is 53.7 Å². The molecule has 2 aromatic rings. The molecule has 1 fully saturated rings. The first-order valence-electron chi connectivity index (χ1n) is 7.65. The third kappa shape index (κ3) is 3.66. The van der Waals surface area contributed by atoms with Crippen molar-refractivity contribution in [1.82, 2.24) is 9.88 Å². The van der Waals surface area contributed by atoms with Gasteiger partial charge in [-0.15, -0.1) is 11.8 Å². The van der Waals surface area contributed by atoms with Crippen LogP contribution in [0, 0.1) is 0 Å². The summed E-state index contributed by atoms with van der Waals surface area (Å²) in [5.74, 6) is 0. The van der Waals surface area contributed by atoms with Crippen LogP contribution >= 0.6 is 11.8 Å². The first kappa shape index (κ1) is 14.6. The maximum absolute atomic E-state index is 4.55. The fraction of sp³-hybridized carbons (Fsp3) is 0.389. The van der Waals surface area contributed by atoms with Gasteiger partial charge in [0.15, 0.2) is 0 Å². The number of benzene rings is 1. The lowest BCUT2D eigenvalue weighted by molar-refractivity contribution is 0.140. The Bertz CT molecular complexity index is 553. The Morgan fingerprint density at radius 2 is 2.00 bits per heavy atom. The number of nitrogens with zero attached hydrogens (tertiary/aromatic N) is 2. The molecule has 2 heterocycles. The van der Waals surface area contributed by atoms with E-state index in [-0.39, 0.29) is 0 Å². The predicted molar refractivity (Wildman–Crippen MR) is 89.5 cm³/mol. The van der Waals surface area contributed by atoms with Crippen molar-refractivity contribution in [2.45, 2.75) is 36.9 Å². The molecule has 1 unspecified atom stereocenters. The molecular weight excluding hydrogens is 276 g/mol. The van der Waals surface area contributed by atoms with Crippen LogP contribution in [0.4, 0.5) is 0 Å². The molecule has 0 saturated carbocycles. The maximum atomic E-state index is 4.55. The third-order valence-corrected chi connectivity index (χ3v) is 4.86. The molecular formula is C18H22N2S. The molecule has 21 heavy (non-hydrogen) atoms. The van der Waals surface area contributed by atoms with Crippen LogP contribution in [0.3, 0.4) is 0 Å². The van der Waals surface area contributed by atoms with Gasteiger partial charge in [0.25, 0.3) is 0 Å². The number of rotatable bonds is 4. The summed E-state index contributed by atoms with van der Waals surface area (Å²) in [5, 5.41) is 1.10. The molecule has 0 bridgehead atoms. The van der Waals surface area contributed by atoms with Crippen molar-refractivity contribution >= 4 is 11.8 Å². The Kier molecular flexibility index (Phi) is 4.94. The van der Waals surface area contributed by atoms with Gasteiger partial charge in [0.2, 0.25) is 0 Å². The SMILES string of the molecule is CSc1ccc(C2CCCCN2Cc2ccccc2)cn1. The van der Waals surface area contributed by atoms with Crippen LogP contribution < -0.4 is 0 Å². The highest BCUT2D eigenvalue weighted by molar-refractivity contribution is 7.98. The second-order valence-electron chi connectivity index (χ2n) is 5.60. The summed E-state index contributed by atoms with van der Waals surface area (Å²) in [4.78, 5) is 7.16. The molecule has 110 valence electrons. The molecule has 0 spiro atoms. The van der Waals surface area contributed by atoms with E-state index in [1.165, 1.54) is 36.9 Å². The number of pyridine rings is 1. The number of hydrogen-bond donors (Lipinski definition) is 0. The first-order chi connectivity index (χ1) is 10.4. The highest BCUT2D eigenvalue weighted by atomic mass is 32.2. The van der Waals surface area contributed by atoms with Crippen molar-refractivity contribution in [3.63, 3.8) is 0 Å². The topological polar surface area (TPSA) is 16.1 Å². The fourth-order valence-corrected chi connectivity index (χ4v) is 3.45. The molecule has 0 N–H and O–H groups in total. The van der Waals surface area contributed by atoms with E-state index in [1.807, 2.05) is 0 Å². The van der Waals surface area contributed by atoms with E-state index in [4.69, 9.17) is 0 Å². The van der Waals surface area contributed by atoms with Gasteiger partial charge in [-0.05, 0) is 42.8 Å². The van der Waals surface area contributed by atoms with Crippen LogP contribution in [0.5, 0.6) is 0 Å². The van der Waals surface area contributed by atoms with E-state index < -0.39 is 0 Å². The second kappa shape index (κ2) is 7.10. The van der Waals surface area contributed by atoms with Gasteiger partial charge in [-0.25, -0.2) is 4.98 Å². The smallest absolute Gasteiger partial charge is 0.0957 e. The number of thioether (sulfide) groups is 1. The van der Waals surface area contributed by atoms with E-state index >= 15 is 0 Å². The molecule has 1 aliphatic rings. The van der Waals surface area contributed by atoms with Gasteiger partial charge in [0, 0.05) is 18.8 Å². The van der Waals surface area contributed by atoms with Crippen LogP contribution in [0.2, 0.25) is 0 Å². The quantitative estimate of drug-likeness (QED) is 0.771. The molecule has 2 nitrogen and oxygen atoms in total. The maximum Gasteiger partial charge on any atom is 0.0957 e. The Hall–Kier alpha value is -1.32. The van der Waals surface area contributed by atoms with Gasteiger partial charge in [-0.1, -0.05) is 42.8 Å². The number of aromatic nitrogens is 1. The summed E-state index contributed by atoms with van der Waals surface area (Å²) in [7, 11) is 0. The minimum atomic E-state index is 0.516. The summed E-state index contributed by atoms with van der Waals surface area (Å²) in [5.41, 5.74) is 2.77. The van der Waals surface area contributed by atoms with Crippen LogP contribution in [0.1, 0.15) is 36.4 Å². The molecule has 1 atom stereocenters. The largest absolute Gasteiger partial charge is 0.292 e. The van der Waals surface area contributed by atoms with E-state index in [0.29, 0.717) is 6.04 Å². The molecule has 0 amide bonds. The van der Waals surface area contributed by atoms with Gasteiger partial charge in [0.05, 0.1) is 5.03 Å². The van der Waals surface area contributed by atoms with Gasteiger partial charge in [0.1, 0.15) is 0 Å². The summed E-state index contributed by atoms with van der Waals surface area (Å²) in [6.45, 7) is 2.22. The van der Waals surface area contributed by atoms with Gasteiger partial charge in [-0.3, -0.25) is 4.90 Å². The van der Waals surface area contributed by atoms with Crippen molar-refractivity contribution in [3.05, 3.63) is 59.8 Å². The highest BCUT2D eigenvalue weighted by Crippen LogP contribution is 2.32. The van der Waals surface area contributed by atoms with Crippen molar-refractivity contribution in [3.8, 4) is 0 Å². The predicted octanol–water partition coefficient (Wildman–Crippen LogP) is 4.53. The van der Waals surface area contributed by atoms with Crippen molar-refractivity contribution in [2.24, 2.45) is 0 Å². The molecule has 3 heteroatoms. The monoisotopic (exact) mass is 298 g/mol. The summed E-state index contributed by atoms with van der Waals surface area (Å²) < 4.78 is 0.